The molecule has 104 valence electrons. The molecule has 0 N–H and O–H groups in total. The van der Waals surface area contributed by atoms with E-state index in [9.17, 15) is 22.8 Å². The lowest BCUT2D eigenvalue weighted by atomic mass is 9.98. The number of hydrogen-bond acceptors (Lipinski definition) is 3. The molecule has 1 atom stereocenters. The molecule has 0 aromatic heterocycles. The molecular weight excluding hydrogens is 251 g/mol. The van der Waals surface area contributed by atoms with Crippen molar-refractivity contribution in [3.8, 4) is 0 Å². The molecule has 7 heteroatoms. The molecule has 1 aliphatic rings. The number of amides is 1. The number of likely N-dealkylation sites (tertiary alicyclic amines) is 1. The van der Waals surface area contributed by atoms with Gasteiger partial charge >= 0.3 is 18.1 Å². The van der Waals surface area contributed by atoms with E-state index in [1.165, 1.54) is 0 Å². The Morgan fingerprint density at radius 1 is 1.33 bits per heavy atom. The topological polar surface area (TPSA) is 46.6 Å². The smallest absolute Gasteiger partial charge is 0.463 e. The monoisotopic (exact) mass is 267 g/mol. The highest BCUT2D eigenvalue weighted by molar-refractivity contribution is 5.83. The molecule has 1 rings (SSSR count). The molecule has 18 heavy (non-hydrogen) atoms. The minimum Gasteiger partial charge on any atom is -0.463 e. The first-order valence-corrected chi connectivity index (χ1v) is 5.78. The lowest BCUT2D eigenvalue weighted by Crippen LogP contribution is -2.48. The van der Waals surface area contributed by atoms with Crippen molar-refractivity contribution in [1.29, 1.82) is 0 Å². The Morgan fingerprint density at radius 2 is 1.94 bits per heavy atom. The second-order valence-corrected chi connectivity index (χ2v) is 4.57. The summed E-state index contributed by atoms with van der Waals surface area (Å²) in [6.45, 7) is 3.15. The SMILES string of the molecule is CC(C)OC(=O)[C@H]1CCCN(C(=O)C(F)(F)F)C1. The van der Waals surface area contributed by atoms with E-state index in [4.69, 9.17) is 4.74 Å². The first kappa shape index (κ1) is 14.8. The number of nitrogens with zero attached hydrogens (tertiary/aromatic N) is 1. The van der Waals surface area contributed by atoms with Crippen LogP contribution in [0, 0.1) is 5.92 Å². The molecule has 4 nitrogen and oxygen atoms in total. The van der Waals surface area contributed by atoms with Gasteiger partial charge in [0, 0.05) is 13.1 Å². The van der Waals surface area contributed by atoms with Gasteiger partial charge in [0.25, 0.3) is 0 Å². The number of rotatable bonds is 2. The van der Waals surface area contributed by atoms with E-state index in [2.05, 4.69) is 0 Å². The van der Waals surface area contributed by atoms with Crippen molar-refractivity contribution in [3.05, 3.63) is 0 Å². The van der Waals surface area contributed by atoms with Gasteiger partial charge in [0.1, 0.15) is 0 Å². The third-order valence-corrected chi connectivity index (χ3v) is 2.64. The van der Waals surface area contributed by atoms with E-state index in [0.29, 0.717) is 17.7 Å². The normalized spacial score (nSPS) is 21.0. The van der Waals surface area contributed by atoms with Gasteiger partial charge in [-0.15, -0.1) is 0 Å². The van der Waals surface area contributed by atoms with Crippen LogP contribution in [0.15, 0.2) is 0 Å². The molecule has 0 aromatic carbocycles. The highest BCUT2D eigenvalue weighted by Gasteiger charge is 2.44. The number of hydrogen-bond donors (Lipinski definition) is 0. The van der Waals surface area contributed by atoms with E-state index < -0.39 is 24.0 Å². The minimum atomic E-state index is -4.89. The predicted octanol–water partition coefficient (Wildman–Crippen LogP) is 1.74. The summed E-state index contributed by atoms with van der Waals surface area (Å²) < 4.78 is 41.7. The van der Waals surface area contributed by atoms with Crippen LogP contribution in [-0.2, 0) is 14.3 Å². The molecule has 0 spiro atoms. The Hall–Kier alpha value is -1.27. The number of ether oxygens (including phenoxy) is 1. The number of carbonyl (C=O) groups excluding carboxylic acids is 2. The number of esters is 1. The van der Waals surface area contributed by atoms with Crippen LogP contribution in [-0.4, -0.2) is 42.1 Å². The number of halogens is 3. The van der Waals surface area contributed by atoms with Gasteiger partial charge in [0.2, 0.25) is 0 Å². The van der Waals surface area contributed by atoms with Gasteiger partial charge in [-0.05, 0) is 26.7 Å². The van der Waals surface area contributed by atoms with Crippen LogP contribution < -0.4 is 0 Å². The van der Waals surface area contributed by atoms with Crippen LogP contribution in [0.3, 0.4) is 0 Å². The van der Waals surface area contributed by atoms with Gasteiger partial charge in [-0.2, -0.15) is 13.2 Å². The number of carbonyl (C=O) groups is 2. The summed E-state index contributed by atoms with van der Waals surface area (Å²) in [5, 5.41) is 0. The second kappa shape index (κ2) is 5.58. The number of piperidine rings is 1. The predicted molar refractivity (Wildman–Crippen MR) is 56.6 cm³/mol. The van der Waals surface area contributed by atoms with Crippen LogP contribution in [0.5, 0.6) is 0 Å². The molecule has 0 aliphatic carbocycles. The number of alkyl halides is 3. The highest BCUT2D eigenvalue weighted by Crippen LogP contribution is 2.24. The van der Waals surface area contributed by atoms with Gasteiger partial charge in [-0.25, -0.2) is 0 Å². The fourth-order valence-corrected chi connectivity index (χ4v) is 1.86. The Balaban J connectivity index is 2.61. The molecule has 0 unspecified atom stereocenters. The molecule has 0 bridgehead atoms. The van der Waals surface area contributed by atoms with E-state index in [0.717, 1.165) is 0 Å². The van der Waals surface area contributed by atoms with Crippen molar-refractivity contribution in [1.82, 2.24) is 4.90 Å². The van der Waals surface area contributed by atoms with Crippen LogP contribution in [0.25, 0.3) is 0 Å². The first-order chi connectivity index (χ1) is 8.21. The van der Waals surface area contributed by atoms with E-state index in [-0.39, 0.29) is 19.2 Å². The Kier molecular flexibility index (Phi) is 4.59. The lowest BCUT2D eigenvalue weighted by Gasteiger charge is -2.32. The van der Waals surface area contributed by atoms with Crippen molar-refractivity contribution >= 4 is 11.9 Å². The highest BCUT2D eigenvalue weighted by atomic mass is 19.4. The fraction of sp³-hybridized carbons (Fsp3) is 0.818. The fourth-order valence-electron chi connectivity index (χ4n) is 1.86. The van der Waals surface area contributed by atoms with Crippen molar-refractivity contribution in [3.63, 3.8) is 0 Å². The molecule has 1 heterocycles. The second-order valence-electron chi connectivity index (χ2n) is 4.57. The van der Waals surface area contributed by atoms with Crippen molar-refractivity contribution < 1.29 is 27.5 Å². The maximum Gasteiger partial charge on any atom is 0.471 e. The molecule has 0 saturated carbocycles. The van der Waals surface area contributed by atoms with E-state index >= 15 is 0 Å². The summed E-state index contributed by atoms with van der Waals surface area (Å²) in [4.78, 5) is 23.3. The van der Waals surface area contributed by atoms with Gasteiger partial charge in [0.15, 0.2) is 0 Å². The summed E-state index contributed by atoms with van der Waals surface area (Å²) in [7, 11) is 0. The molecular formula is C11H16F3NO3. The van der Waals surface area contributed by atoms with Crippen molar-refractivity contribution in [2.45, 2.75) is 39.0 Å². The average Bonchev–Trinajstić information content (AvgIpc) is 2.26. The van der Waals surface area contributed by atoms with Crippen LogP contribution in [0.2, 0.25) is 0 Å². The van der Waals surface area contributed by atoms with Crippen LogP contribution >= 0.6 is 0 Å². The Bertz CT molecular complexity index is 328. The van der Waals surface area contributed by atoms with Gasteiger partial charge in [0.05, 0.1) is 12.0 Å². The van der Waals surface area contributed by atoms with Gasteiger partial charge in [-0.1, -0.05) is 0 Å². The third-order valence-electron chi connectivity index (χ3n) is 2.64. The summed E-state index contributed by atoms with van der Waals surface area (Å²) in [5.41, 5.74) is 0. The summed E-state index contributed by atoms with van der Waals surface area (Å²) >= 11 is 0. The molecule has 1 saturated heterocycles. The molecule has 1 aliphatic heterocycles. The molecule has 1 amide bonds. The quantitative estimate of drug-likeness (QED) is 0.716. The molecule has 0 radical (unpaired) electrons. The summed E-state index contributed by atoms with van der Waals surface area (Å²) in [6.07, 6.45) is -4.37. The summed E-state index contributed by atoms with van der Waals surface area (Å²) in [6, 6.07) is 0. The third kappa shape index (κ3) is 3.89. The largest absolute Gasteiger partial charge is 0.471 e. The zero-order chi connectivity index (χ0) is 13.9. The zero-order valence-corrected chi connectivity index (χ0v) is 10.3. The molecule has 1 fully saturated rings. The van der Waals surface area contributed by atoms with E-state index in [1.54, 1.807) is 13.8 Å². The zero-order valence-electron chi connectivity index (χ0n) is 10.3. The summed E-state index contributed by atoms with van der Waals surface area (Å²) in [5.74, 6) is -3.08. The standard InChI is InChI=1S/C11H16F3NO3/c1-7(2)18-9(16)8-4-3-5-15(6-8)10(17)11(12,13)14/h7-8H,3-6H2,1-2H3/t8-/m0/s1. The maximum atomic E-state index is 12.3. The maximum absolute atomic E-state index is 12.3. The minimum absolute atomic E-state index is 0.0315. The Labute approximate surface area is 103 Å². The average molecular weight is 267 g/mol. The first-order valence-electron chi connectivity index (χ1n) is 5.78. The van der Waals surface area contributed by atoms with Gasteiger partial charge in [-0.3, -0.25) is 9.59 Å². The van der Waals surface area contributed by atoms with Gasteiger partial charge < -0.3 is 9.64 Å². The molecule has 0 aromatic rings. The Morgan fingerprint density at radius 3 is 2.44 bits per heavy atom. The van der Waals surface area contributed by atoms with Crippen molar-refractivity contribution in [2.24, 2.45) is 5.92 Å². The van der Waals surface area contributed by atoms with E-state index in [1.807, 2.05) is 0 Å². The van der Waals surface area contributed by atoms with Crippen molar-refractivity contribution in [2.75, 3.05) is 13.1 Å². The lowest BCUT2D eigenvalue weighted by molar-refractivity contribution is -0.188. The van der Waals surface area contributed by atoms with Crippen LogP contribution in [0.1, 0.15) is 26.7 Å². The van der Waals surface area contributed by atoms with Crippen LogP contribution in [0.4, 0.5) is 13.2 Å².